The summed E-state index contributed by atoms with van der Waals surface area (Å²) >= 11 is 0. The zero-order valence-electron chi connectivity index (χ0n) is 6.60. The second kappa shape index (κ2) is 4.41. The standard InChI is InChI=1S/C9H10N2O/c10-5-1-2-8-3-4-9(7-12)11-6-8/h1-4,6-7H,5,10H2. The summed E-state index contributed by atoms with van der Waals surface area (Å²) < 4.78 is 0. The fourth-order valence-electron chi connectivity index (χ4n) is 0.789. The van der Waals surface area contributed by atoms with Gasteiger partial charge in [-0.05, 0) is 11.6 Å². The number of hydrogen-bond donors (Lipinski definition) is 1. The van der Waals surface area contributed by atoms with Crippen molar-refractivity contribution in [2.45, 2.75) is 0 Å². The van der Waals surface area contributed by atoms with Gasteiger partial charge in [0.2, 0.25) is 0 Å². The number of pyridine rings is 1. The first-order chi connectivity index (χ1) is 5.86. The normalized spacial score (nSPS) is 10.4. The summed E-state index contributed by atoms with van der Waals surface area (Å²) in [7, 11) is 0. The van der Waals surface area contributed by atoms with Crippen LogP contribution in [-0.4, -0.2) is 17.8 Å². The molecule has 1 rings (SSSR count). The predicted molar refractivity (Wildman–Crippen MR) is 47.7 cm³/mol. The maximum Gasteiger partial charge on any atom is 0.168 e. The molecule has 0 saturated heterocycles. The number of nitrogens with two attached hydrogens (primary N) is 1. The van der Waals surface area contributed by atoms with Crippen LogP contribution >= 0.6 is 0 Å². The van der Waals surface area contributed by atoms with Crippen molar-refractivity contribution in [2.75, 3.05) is 6.54 Å². The molecular weight excluding hydrogens is 152 g/mol. The summed E-state index contributed by atoms with van der Waals surface area (Å²) in [4.78, 5) is 14.1. The van der Waals surface area contributed by atoms with Gasteiger partial charge in [-0.1, -0.05) is 18.2 Å². The minimum absolute atomic E-state index is 0.444. The van der Waals surface area contributed by atoms with Crippen LogP contribution in [0.15, 0.2) is 24.4 Å². The van der Waals surface area contributed by atoms with Crippen LogP contribution in [0.5, 0.6) is 0 Å². The molecule has 1 aromatic heterocycles. The van der Waals surface area contributed by atoms with Crippen molar-refractivity contribution < 1.29 is 4.79 Å². The molecule has 3 heteroatoms. The first-order valence-corrected chi connectivity index (χ1v) is 3.64. The molecule has 1 heterocycles. The lowest BCUT2D eigenvalue weighted by molar-refractivity contribution is 0.111. The Bertz CT molecular complexity index is 277. The summed E-state index contributed by atoms with van der Waals surface area (Å²) in [6, 6.07) is 3.49. The van der Waals surface area contributed by atoms with Crippen LogP contribution in [0.3, 0.4) is 0 Å². The molecule has 3 nitrogen and oxygen atoms in total. The van der Waals surface area contributed by atoms with E-state index in [4.69, 9.17) is 5.73 Å². The van der Waals surface area contributed by atoms with Crippen LogP contribution in [0.2, 0.25) is 0 Å². The van der Waals surface area contributed by atoms with Crippen LogP contribution in [0.1, 0.15) is 16.1 Å². The van der Waals surface area contributed by atoms with Crippen molar-refractivity contribution in [3.63, 3.8) is 0 Å². The van der Waals surface area contributed by atoms with Gasteiger partial charge in [0.1, 0.15) is 5.69 Å². The first kappa shape index (κ1) is 8.62. The Morgan fingerprint density at radius 2 is 2.33 bits per heavy atom. The third-order valence-corrected chi connectivity index (χ3v) is 1.38. The van der Waals surface area contributed by atoms with Gasteiger partial charge in [-0.3, -0.25) is 9.78 Å². The van der Waals surface area contributed by atoms with Gasteiger partial charge in [0.05, 0.1) is 0 Å². The number of hydrogen-bond acceptors (Lipinski definition) is 3. The van der Waals surface area contributed by atoms with Gasteiger partial charge in [-0.2, -0.15) is 0 Å². The fraction of sp³-hybridized carbons (Fsp3) is 0.111. The Morgan fingerprint density at radius 1 is 1.50 bits per heavy atom. The molecule has 0 aromatic carbocycles. The molecular formula is C9H10N2O. The summed E-state index contributed by atoms with van der Waals surface area (Å²) in [5.41, 5.74) is 6.66. The van der Waals surface area contributed by atoms with Crippen molar-refractivity contribution in [3.05, 3.63) is 35.7 Å². The van der Waals surface area contributed by atoms with E-state index in [1.54, 1.807) is 12.3 Å². The molecule has 0 atom stereocenters. The Labute approximate surface area is 70.9 Å². The monoisotopic (exact) mass is 162 g/mol. The Hall–Kier alpha value is -1.48. The van der Waals surface area contributed by atoms with Crippen LogP contribution in [0.25, 0.3) is 6.08 Å². The van der Waals surface area contributed by atoms with E-state index in [9.17, 15) is 4.79 Å². The molecule has 0 aliphatic rings. The maximum atomic E-state index is 10.2. The molecule has 2 N–H and O–H groups in total. The molecule has 0 saturated carbocycles. The van der Waals surface area contributed by atoms with E-state index in [-0.39, 0.29) is 0 Å². The van der Waals surface area contributed by atoms with E-state index in [1.807, 2.05) is 18.2 Å². The quantitative estimate of drug-likeness (QED) is 0.671. The van der Waals surface area contributed by atoms with E-state index in [1.165, 1.54) is 0 Å². The molecule has 0 bridgehead atoms. The third kappa shape index (κ3) is 2.29. The lowest BCUT2D eigenvalue weighted by Gasteiger charge is -1.91. The van der Waals surface area contributed by atoms with Crippen LogP contribution in [-0.2, 0) is 0 Å². The average Bonchev–Trinajstić information content (AvgIpc) is 2.15. The van der Waals surface area contributed by atoms with Gasteiger partial charge in [0, 0.05) is 12.7 Å². The van der Waals surface area contributed by atoms with Crippen molar-refractivity contribution in [2.24, 2.45) is 5.73 Å². The third-order valence-electron chi connectivity index (χ3n) is 1.38. The number of rotatable bonds is 3. The van der Waals surface area contributed by atoms with E-state index >= 15 is 0 Å². The molecule has 0 aliphatic heterocycles. The first-order valence-electron chi connectivity index (χ1n) is 3.64. The highest BCUT2D eigenvalue weighted by Gasteiger charge is 1.89. The second-order valence-corrected chi connectivity index (χ2v) is 2.27. The summed E-state index contributed by atoms with van der Waals surface area (Å²) in [5.74, 6) is 0. The van der Waals surface area contributed by atoms with Gasteiger partial charge in [0.25, 0.3) is 0 Å². The number of aldehydes is 1. The lowest BCUT2D eigenvalue weighted by atomic mass is 10.2. The van der Waals surface area contributed by atoms with E-state index in [0.29, 0.717) is 12.2 Å². The molecule has 0 aliphatic carbocycles. The molecule has 12 heavy (non-hydrogen) atoms. The smallest absolute Gasteiger partial charge is 0.168 e. The van der Waals surface area contributed by atoms with Gasteiger partial charge in [-0.25, -0.2) is 0 Å². The molecule has 0 fully saturated rings. The Balaban J connectivity index is 2.77. The van der Waals surface area contributed by atoms with Crippen molar-refractivity contribution in [3.8, 4) is 0 Å². The molecule has 62 valence electrons. The van der Waals surface area contributed by atoms with Gasteiger partial charge >= 0.3 is 0 Å². The number of nitrogens with zero attached hydrogens (tertiary/aromatic N) is 1. The summed E-state index contributed by atoms with van der Waals surface area (Å²) in [5, 5.41) is 0. The number of carbonyl (C=O) groups excluding carboxylic acids is 1. The highest BCUT2D eigenvalue weighted by atomic mass is 16.1. The minimum Gasteiger partial charge on any atom is -0.327 e. The zero-order valence-corrected chi connectivity index (χ0v) is 6.60. The molecule has 0 amide bonds. The highest BCUT2D eigenvalue weighted by Crippen LogP contribution is 2.00. The van der Waals surface area contributed by atoms with Crippen molar-refractivity contribution in [1.29, 1.82) is 0 Å². The van der Waals surface area contributed by atoms with E-state index in [0.717, 1.165) is 11.8 Å². The summed E-state index contributed by atoms with van der Waals surface area (Å²) in [6.07, 6.45) is 6.05. The molecule has 0 radical (unpaired) electrons. The molecule has 0 spiro atoms. The van der Waals surface area contributed by atoms with Gasteiger partial charge in [0.15, 0.2) is 6.29 Å². The average molecular weight is 162 g/mol. The second-order valence-electron chi connectivity index (χ2n) is 2.27. The fourth-order valence-corrected chi connectivity index (χ4v) is 0.789. The van der Waals surface area contributed by atoms with Gasteiger partial charge in [-0.15, -0.1) is 0 Å². The van der Waals surface area contributed by atoms with E-state index < -0.39 is 0 Å². The lowest BCUT2D eigenvalue weighted by Crippen LogP contribution is -1.92. The largest absolute Gasteiger partial charge is 0.327 e. The Morgan fingerprint density at radius 3 is 2.83 bits per heavy atom. The predicted octanol–water partition coefficient (Wildman–Crippen LogP) is 0.866. The maximum absolute atomic E-state index is 10.2. The van der Waals surface area contributed by atoms with E-state index in [2.05, 4.69) is 4.98 Å². The number of carbonyl (C=O) groups is 1. The van der Waals surface area contributed by atoms with Crippen LogP contribution in [0.4, 0.5) is 0 Å². The molecule has 0 unspecified atom stereocenters. The van der Waals surface area contributed by atoms with Gasteiger partial charge < -0.3 is 5.73 Å². The highest BCUT2D eigenvalue weighted by molar-refractivity contribution is 5.71. The zero-order chi connectivity index (χ0) is 8.81. The SMILES string of the molecule is NCC=Cc1ccc(C=O)nc1. The van der Waals surface area contributed by atoms with Crippen LogP contribution < -0.4 is 5.73 Å². The Kier molecular flexibility index (Phi) is 3.17. The van der Waals surface area contributed by atoms with Crippen molar-refractivity contribution >= 4 is 12.4 Å². The topological polar surface area (TPSA) is 56.0 Å². The minimum atomic E-state index is 0.444. The molecule has 1 aromatic rings. The van der Waals surface area contributed by atoms with Crippen LogP contribution in [0, 0.1) is 0 Å². The summed E-state index contributed by atoms with van der Waals surface area (Å²) in [6.45, 7) is 0.509. The van der Waals surface area contributed by atoms with Crippen molar-refractivity contribution in [1.82, 2.24) is 4.98 Å². The number of aromatic nitrogens is 1.